The van der Waals surface area contributed by atoms with Crippen molar-refractivity contribution >= 4 is 17.3 Å². The van der Waals surface area contributed by atoms with Gasteiger partial charge in [-0.1, -0.05) is 0 Å². The van der Waals surface area contributed by atoms with Crippen LogP contribution < -0.4 is 11.5 Å². The third-order valence-electron chi connectivity index (χ3n) is 1.58. The summed E-state index contributed by atoms with van der Waals surface area (Å²) in [7, 11) is 1.16. The smallest absolute Gasteiger partial charge is 0.340 e. The summed E-state index contributed by atoms with van der Waals surface area (Å²) in [5.41, 5.74) is 10.7. The highest BCUT2D eigenvalue weighted by molar-refractivity contribution is 5.92. The summed E-state index contributed by atoms with van der Waals surface area (Å²) < 4.78 is 17.4. The van der Waals surface area contributed by atoms with Crippen LogP contribution in [0.2, 0.25) is 0 Å². The van der Waals surface area contributed by atoms with Gasteiger partial charge in [0.15, 0.2) is 0 Å². The fraction of sp³-hybridized carbons (Fsp3) is 0.125. The molecule has 1 rings (SSSR count). The standard InChI is InChI=1S/C8H9FN2O2/c1-13-8(12)4-2-6(10)7(11)3-5(4)9/h2-3H,10-11H2,1H3. The number of rotatable bonds is 1. The molecule has 70 valence electrons. The van der Waals surface area contributed by atoms with Crippen molar-refractivity contribution in [3.05, 3.63) is 23.5 Å². The zero-order chi connectivity index (χ0) is 10.0. The lowest BCUT2D eigenvalue weighted by Crippen LogP contribution is -2.07. The minimum Gasteiger partial charge on any atom is -0.465 e. The fourth-order valence-electron chi connectivity index (χ4n) is 0.872. The van der Waals surface area contributed by atoms with E-state index in [1.165, 1.54) is 0 Å². The zero-order valence-corrected chi connectivity index (χ0v) is 7.00. The van der Waals surface area contributed by atoms with E-state index in [0.717, 1.165) is 19.2 Å². The van der Waals surface area contributed by atoms with Crippen LogP contribution in [0.3, 0.4) is 0 Å². The molecule has 0 aliphatic heterocycles. The molecule has 0 atom stereocenters. The number of halogens is 1. The van der Waals surface area contributed by atoms with Crippen molar-refractivity contribution in [2.24, 2.45) is 0 Å². The maximum absolute atomic E-state index is 13.0. The summed E-state index contributed by atoms with van der Waals surface area (Å²) in [5.74, 6) is -1.51. The number of nitrogen functional groups attached to an aromatic ring is 2. The van der Waals surface area contributed by atoms with Crippen LogP contribution in [0.15, 0.2) is 12.1 Å². The Morgan fingerprint density at radius 3 is 2.46 bits per heavy atom. The number of carbonyl (C=O) groups is 1. The molecule has 0 heterocycles. The quantitative estimate of drug-likeness (QED) is 0.499. The molecular weight excluding hydrogens is 175 g/mol. The SMILES string of the molecule is COC(=O)c1cc(N)c(N)cc1F. The Bertz CT molecular complexity index is 352. The third-order valence-corrected chi connectivity index (χ3v) is 1.58. The molecule has 5 heteroatoms. The van der Waals surface area contributed by atoms with Gasteiger partial charge in [0, 0.05) is 0 Å². The van der Waals surface area contributed by atoms with Crippen LogP contribution >= 0.6 is 0 Å². The molecule has 13 heavy (non-hydrogen) atoms. The molecule has 0 spiro atoms. The first kappa shape index (κ1) is 9.31. The second-order valence-electron chi connectivity index (χ2n) is 2.45. The second kappa shape index (κ2) is 3.30. The van der Waals surface area contributed by atoms with E-state index in [1.54, 1.807) is 0 Å². The maximum Gasteiger partial charge on any atom is 0.340 e. The van der Waals surface area contributed by atoms with Crippen molar-refractivity contribution in [1.82, 2.24) is 0 Å². The highest BCUT2D eigenvalue weighted by Gasteiger charge is 2.13. The van der Waals surface area contributed by atoms with Gasteiger partial charge >= 0.3 is 5.97 Å². The third kappa shape index (κ3) is 1.69. The normalized spacial score (nSPS) is 9.69. The van der Waals surface area contributed by atoms with E-state index in [9.17, 15) is 9.18 Å². The summed E-state index contributed by atoms with van der Waals surface area (Å²) in [6.07, 6.45) is 0. The molecule has 0 saturated heterocycles. The number of methoxy groups -OCH3 is 1. The van der Waals surface area contributed by atoms with Crippen molar-refractivity contribution in [3.8, 4) is 0 Å². The maximum atomic E-state index is 13.0. The monoisotopic (exact) mass is 184 g/mol. The molecule has 0 amide bonds. The van der Waals surface area contributed by atoms with Crippen LogP contribution in [0.1, 0.15) is 10.4 Å². The van der Waals surface area contributed by atoms with Crippen LogP contribution in [-0.2, 0) is 4.74 Å². The Morgan fingerprint density at radius 2 is 1.92 bits per heavy atom. The number of anilines is 2. The molecule has 0 fully saturated rings. The van der Waals surface area contributed by atoms with E-state index >= 15 is 0 Å². The van der Waals surface area contributed by atoms with Gasteiger partial charge in [0.25, 0.3) is 0 Å². The van der Waals surface area contributed by atoms with E-state index in [0.29, 0.717) is 0 Å². The fourth-order valence-corrected chi connectivity index (χ4v) is 0.872. The molecule has 0 aliphatic carbocycles. The first-order chi connectivity index (χ1) is 6.06. The van der Waals surface area contributed by atoms with Crippen molar-refractivity contribution in [3.63, 3.8) is 0 Å². The average molecular weight is 184 g/mol. The largest absolute Gasteiger partial charge is 0.465 e. The minimum absolute atomic E-state index is 0.102. The molecule has 0 aromatic heterocycles. The van der Waals surface area contributed by atoms with Gasteiger partial charge in [-0.3, -0.25) is 0 Å². The van der Waals surface area contributed by atoms with Crippen LogP contribution in [0.4, 0.5) is 15.8 Å². The number of nitrogens with two attached hydrogens (primary N) is 2. The molecular formula is C8H9FN2O2. The number of ether oxygens (including phenoxy) is 1. The van der Waals surface area contributed by atoms with E-state index in [-0.39, 0.29) is 16.9 Å². The molecule has 0 unspecified atom stereocenters. The Labute approximate surface area is 74.3 Å². The number of carbonyl (C=O) groups excluding carboxylic acids is 1. The van der Waals surface area contributed by atoms with E-state index in [4.69, 9.17) is 11.5 Å². The molecule has 4 nitrogen and oxygen atoms in total. The first-order valence-electron chi connectivity index (χ1n) is 3.49. The first-order valence-corrected chi connectivity index (χ1v) is 3.49. The van der Waals surface area contributed by atoms with Crippen LogP contribution in [-0.4, -0.2) is 13.1 Å². The number of hydrogen-bond donors (Lipinski definition) is 2. The van der Waals surface area contributed by atoms with Gasteiger partial charge in [-0.25, -0.2) is 9.18 Å². The highest BCUT2D eigenvalue weighted by Crippen LogP contribution is 2.20. The molecule has 0 aliphatic rings. The van der Waals surface area contributed by atoms with E-state index in [2.05, 4.69) is 4.74 Å². The Balaban J connectivity index is 3.23. The number of hydrogen-bond acceptors (Lipinski definition) is 4. The van der Waals surface area contributed by atoms with Gasteiger partial charge in [0.05, 0.1) is 24.0 Å². The summed E-state index contributed by atoms with van der Waals surface area (Å²) in [4.78, 5) is 10.9. The summed E-state index contributed by atoms with van der Waals surface area (Å²) in [6.45, 7) is 0. The predicted molar refractivity (Wildman–Crippen MR) is 46.6 cm³/mol. The molecule has 0 saturated carbocycles. The van der Waals surface area contributed by atoms with Gasteiger partial charge in [0.2, 0.25) is 0 Å². The van der Waals surface area contributed by atoms with Crippen molar-refractivity contribution in [2.75, 3.05) is 18.6 Å². The lowest BCUT2D eigenvalue weighted by Gasteiger charge is -2.04. The highest BCUT2D eigenvalue weighted by atomic mass is 19.1. The van der Waals surface area contributed by atoms with Crippen LogP contribution in [0.5, 0.6) is 0 Å². The average Bonchev–Trinajstić information content (AvgIpc) is 2.10. The number of esters is 1. The Morgan fingerprint density at radius 1 is 1.38 bits per heavy atom. The zero-order valence-electron chi connectivity index (χ0n) is 7.00. The molecule has 4 N–H and O–H groups in total. The molecule has 0 radical (unpaired) electrons. The van der Waals surface area contributed by atoms with Gasteiger partial charge in [0.1, 0.15) is 5.82 Å². The van der Waals surface area contributed by atoms with Crippen LogP contribution in [0, 0.1) is 5.82 Å². The van der Waals surface area contributed by atoms with Crippen molar-refractivity contribution in [2.45, 2.75) is 0 Å². The summed E-state index contributed by atoms with van der Waals surface area (Å²) >= 11 is 0. The van der Waals surface area contributed by atoms with Gasteiger partial charge in [-0.2, -0.15) is 0 Å². The molecule has 1 aromatic rings. The van der Waals surface area contributed by atoms with Crippen molar-refractivity contribution < 1.29 is 13.9 Å². The molecule has 1 aromatic carbocycles. The van der Waals surface area contributed by atoms with Gasteiger partial charge in [-0.15, -0.1) is 0 Å². The predicted octanol–water partition coefficient (Wildman–Crippen LogP) is 0.777. The topological polar surface area (TPSA) is 78.3 Å². The molecule has 0 bridgehead atoms. The van der Waals surface area contributed by atoms with E-state index < -0.39 is 11.8 Å². The summed E-state index contributed by atoms with van der Waals surface area (Å²) in [5, 5.41) is 0. The summed E-state index contributed by atoms with van der Waals surface area (Å²) in [6, 6.07) is 2.14. The van der Waals surface area contributed by atoms with Crippen LogP contribution in [0.25, 0.3) is 0 Å². The van der Waals surface area contributed by atoms with Crippen molar-refractivity contribution in [1.29, 1.82) is 0 Å². The van der Waals surface area contributed by atoms with Gasteiger partial charge < -0.3 is 16.2 Å². The second-order valence-corrected chi connectivity index (χ2v) is 2.45. The van der Waals surface area contributed by atoms with E-state index in [1.807, 2.05) is 0 Å². The minimum atomic E-state index is -0.774. The lowest BCUT2D eigenvalue weighted by molar-refractivity contribution is 0.0595. The Hall–Kier alpha value is -1.78. The van der Waals surface area contributed by atoms with Gasteiger partial charge in [-0.05, 0) is 12.1 Å². The lowest BCUT2D eigenvalue weighted by atomic mass is 10.1. The Kier molecular flexibility index (Phi) is 2.36. The number of benzene rings is 1.